The van der Waals surface area contributed by atoms with Crippen LogP contribution in [-0.4, -0.2) is 171 Å². The molecule has 0 bridgehead atoms. The lowest BCUT2D eigenvalue weighted by atomic mass is 10.1. The summed E-state index contributed by atoms with van der Waals surface area (Å²) >= 11 is 0. The van der Waals surface area contributed by atoms with Crippen molar-refractivity contribution < 1.29 is 28.8 Å². The first-order valence-electron chi connectivity index (χ1n) is 27.8. The first-order valence-corrected chi connectivity index (χ1v) is 27.8. The highest BCUT2D eigenvalue weighted by atomic mass is 16.2. The third-order valence-electron chi connectivity index (χ3n) is 15.0. The summed E-state index contributed by atoms with van der Waals surface area (Å²) in [5.41, 5.74) is 9.59. The Kier molecular flexibility index (Phi) is 19.0. The Hall–Kier alpha value is -7.46. The number of primary amides is 1. The van der Waals surface area contributed by atoms with E-state index in [1.54, 1.807) is 96.5 Å². The number of piperazine rings is 2. The van der Waals surface area contributed by atoms with Crippen molar-refractivity contribution in [3.63, 3.8) is 0 Å². The molecule has 7 heterocycles. The largest absolute Gasteiger partial charge is 0.366 e. The summed E-state index contributed by atoms with van der Waals surface area (Å²) in [7, 11) is 7.78. The van der Waals surface area contributed by atoms with Gasteiger partial charge in [0, 0.05) is 134 Å². The van der Waals surface area contributed by atoms with Gasteiger partial charge in [-0.2, -0.15) is 0 Å². The molecule has 2 saturated heterocycles. The fourth-order valence-electron chi connectivity index (χ4n) is 10.1. The van der Waals surface area contributed by atoms with Crippen molar-refractivity contribution in [2.75, 3.05) is 108 Å². The lowest BCUT2D eigenvalue weighted by Crippen LogP contribution is -2.45. The molecule has 0 aliphatic carbocycles. The van der Waals surface area contributed by atoms with Crippen LogP contribution in [0.1, 0.15) is 116 Å². The average molecular weight is 1080 g/mol. The Morgan fingerprint density at radius 2 is 1.01 bits per heavy atom. The van der Waals surface area contributed by atoms with Crippen molar-refractivity contribution >= 4 is 69.1 Å². The summed E-state index contributed by atoms with van der Waals surface area (Å²) in [5.74, 6) is -1.94. The second-order valence-corrected chi connectivity index (χ2v) is 22.3. The van der Waals surface area contributed by atoms with Gasteiger partial charge in [-0.1, -0.05) is 27.7 Å². The van der Waals surface area contributed by atoms with E-state index in [1.165, 1.54) is 4.90 Å². The smallest absolute Gasteiger partial charge is 0.279 e. The molecule has 424 valence electrons. The number of aromatic nitrogens is 5. The van der Waals surface area contributed by atoms with Crippen molar-refractivity contribution in [3.8, 4) is 0 Å². The average Bonchev–Trinajstić information content (AvgIpc) is 4.28. The van der Waals surface area contributed by atoms with Crippen LogP contribution in [-0.2, 0) is 27.2 Å². The summed E-state index contributed by atoms with van der Waals surface area (Å²) in [6.45, 7) is 20.3. The number of rotatable bonds is 24. The molecule has 21 nitrogen and oxygen atoms in total. The molecule has 79 heavy (non-hydrogen) atoms. The molecule has 2 aliphatic heterocycles. The van der Waals surface area contributed by atoms with E-state index in [0.717, 1.165) is 78.3 Å². The van der Waals surface area contributed by atoms with Crippen LogP contribution >= 0.6 is 0 Å². The van der Waals surface area contributed by atoms with Crippen LogP contribution in [0.3, 0.4) is 0 Å². The summed E-state index contributed by atoms with van der Waals surface area (Å²) in [6, 6.07) is 13.2. The molecule has 0 spiro atoms. The minimum absolute atomic E-state index is 0.183. The Labute approximate surface area is 463 Å². The maximum absolute atomic E-state index is 15.3. The highest BCUT2D eigenvalue weighted by Gasteiger charge is 2.30. The van der Waals surface area contributed by atoms with Crippen LogP contribution in [0, 0.1) is 11.8 Å². The number of benzene rings is 1. The predicted octanol–water partition coefficient (Wildman–Crippen LogP) is 5.86. The molecule has 6 amide bonds. The van der Waals surface area contributed by atoms with Gasteiger partial charge in [0.1, 0.15) is 28.5 Å². The van der Waals surface area contributed by atoms with E-state index in [4.69, 9.17) is 5.73 Å². The number of carbonyl (C=O) groups excluding carboxylic acids is 6. The van der Waals surface area contributed by atoms with E-state index in [9.17, 15) is 24.0 Å². The molecular formula is C58H81N15O6. The molecule has 8 rings (SSSR count). The van der Waals surface area contributed by atoms with Gasteiger partial charge in [0.25, 0.3) is 29.5 Å². The minimum Gasteiger partial charge on any atom is -0.366 e. The van der Waals surface area contributed by atoms with E-state index in [0.29, 0.717) is 84.1 Å². The maximum atomic E-state index is 15.3. The summed E-state index contributed by atoms with van der Waals surface area (Å²) < 4.78 is 7.02. The molecule has 0 radical (unpaired) electrons. The second kappa shape index (κ2) is 26.0. The molecule has 2 fully saturated rings. The number of hydrogen-bond donors (Lipinski definition) is 6. The maximum Gasteiger partial charge on any atom is 0.279 e. The highest BCUT2D eigenvalue weighted by Crippen LogP contribution is 2.34. The van der Waals surface area contributed by atoms with Crippen LogP contribution in [0.25, 0.3) is 10.9 Å². The van der Waals surface area contributed by atoms with Crippen molar-refractivity contribution in [2.24, 2.45) is 31.7 Å². The number of H-pyrrole nitrogens is 1. The van der Waals surface area contributed by atoms with Gasteiger partial charge in [-0.25, -0.2) is 0 Å². The number of nitrogens with two attached hydrogens (primary N) is 1. The van der Waals surface area contributed by atoms with E-state index < -0.39 is 23.6 Å². The van der Waals surface area contributed by atoms with E-state index >= 15 is 4.79 Å². The van der Waals surface area contributed by atoms with Crippen LogP contribution in [0.15, 0.2) is 73.3 Å². The predicted molar refractivity (Wildman–Crippen MR) is 310 cm³/mol. The van der Waals surface area contributed by atoms with Crippen molar-refractivity contribution in [2.45, 2.75) is 66.5 Å². The molecule has 2 aliphatic rings. The standard InChI is InChI=1S/C58H81N15O6/c1-39(2)13-19-71-37-45(33-51(71)56(77)62-43-31-49(67(7)35-43)54(75)60-15-9-17-69-25-21-65(5)22-26-69)73(58(79)48-30-42-29-41(53(59)74)11-12-47(42)64-48)46-34-52(72(38-46)20-14-40(3)4)57(78)63-44-32-50(68(8)36-44)55(76)61-16-10-18-70-27-23-66(6)24-28-70/h11-12,29-40,64H,9-10,13-28H2,1-8H3,(H2,59,74)(H,60,75)(H,61,76)(H,62,77)(H,63,78). The zero-order valence-electron chi connectivity index (χ0n) is 47.4. The van der Waals surface area contributed by atoms with Gasteiger partial charge >= 0.3 is 0 Å². The molecule has 0 unspecified atom stereocenters. The SMILES string of the molecule is CC(C)CCn1cc(N(C(=O)c2cc3cc(C(N)=O)ccc3[nH]2)c2cc(C(=O)Nc3cc(C(=O)NCCCN4CCN(C)CC4)n(C)c3)n(CCC(C)C)c2)cc1C(=O)Nc1cc(C(=O)NCCCN2CCN(C)CC2)n(C)c1. The van der Waals surface area contributed by atoms with Gasteiger partial charge in [-0.05, 0) is 113 Å². The van der Waals surface area contributed by atoms with Crippen LogP contribution in [0.2, 0.25) is 0 Å². The van der Waals surface area contributed by atoms with Crippen LogP contribution in [0.4, 0.5) is 22.7 Å². The van der Waals surface area contributed by atoms with Gasteiger partial charge < -0.3 is 69.9 Å². The summed E-state index contributed by atoms with van der Waals surface area (Å²) in [5, 5.41) is 12.7. The molecule has 1 aromatic carbocycles. The first-order chi connectivity index (χ1) is 37.8. The van der Waals surface area contributed by atoms with Gasteiger partial charge in [0.15, 0.2) is 0 Å². The fraction of sp³-hybridized carbons (Fsp3) is 0.483. The number of carbonyl (C=O) groups is 6. The quantitative estimate of drug-likeness (QED) is 0.0396. The molecule has 5 aromatic heterocycles. The zero-order valence-corrected chi connectivity index (χ0v) is 47.4. The van der Waals surface area contributed by atoms with Crippen LogP contribution in [0.5, 0.6) is 0 Å². The molecule has 21 heteroatoms. The number of aromatic amines is 1. The number of anilines is 4. The fourth-order valence-corrected chi connectivity index (χ4v) is 10.1. The summed E-state index contributed by atoms with van der Waals surface area (Å²) in [4.78, 5) is 97.6. The molecular weight excluding hydrogens is 1000 g/mol. The van der Waals surface area contributed by atoms with Crippen molar-refractivity contribution in [1.29, 1.82) is 0 Å². The van der Waals surface area contributed by atoms with E-state index in [2.05, 4.69) is 87.6 Å². The summed E-state index contributed by atoms with van der Waals surface area (Å²) in [6.07, 6.45) is 10.00. The molecule has 7 N–H and O–H groups in total. The number of nitrogens with zero attached hydrogens (tertiary/aromatic N) is 9. The molecule has 0 saturated carbocycles. The van der Waals surface area contributed by atoms with E-state index in [1.807, 2.05) is 9.13 Å². The highest BCUT2D eigenvalue weighted by molar-refractivity contribution is 6.14. The topological polar surface area (TPSA) is 228 Å². The third kappa shape index (κ3) is 14.8. The van der Waals surface area contributed by atoms with Gasteiger partial charge in [0.2, 0.25) is 5.91 Å². The van der Waals surface area contributed by atoms with Crippen molar-refractivity contribution in [1.82, 2.24) is 53.5 Å². The lowest BCUT2D eigenvalue weighted by Gasteiger charge is -2.32. The number of fused-ring (bicyclic) bond motifs is 1. The minimum atomic E-state index is -0.607. The van der Waals surface area contributed by atoms with Crippen molar-refractivity contribution in [3.05, 3.63) is 107 Å². The van der Waals surface area contributed by atoms with Crippen LogP contribution < -0.4 is 31.9 Å². The molecule has 6 aromatic rings. The van der Waals surface area contributed by atoms with E-state index in [-0.39, 0.29) is 46.3 Å². The Morgan fingerprint density at radius 1 is 0.557 bits per heavy atom. The van der Waals surface area contributed by atoms with Gasteiger partial charge in [-0.3, -0.25) is 33.7 Å². The number of likely N-dealkylation sites (N-methyl/N-ethyl adjacent to an activating group) is 2. The number of aryl methyl sites for hydroxylation is 4. The third-order valence-corrected chi connectivity index (χ3v) is 15.0. The number of nitrogens with one attached hydrogen (secondary N) is 5. The Morgan fingerprint density at radius 3 is 1.44 bits per heavy atom. The zero-order chi connectivity index (χ0) is 56.5. The van der Waals surface area contributed by atoms with Gasteiger partial charge in [0.05, 0.1) is 22.7 Å². The number of hydrogen-bond acceptors (Lipinski definition) is 10. The lowest BCUT2D eigenvalue weighted by molar-refractivity contribution is 0.0933. The van der Waals surface area contributed by atoms with Gasteiger partial charge in [-0.15, -0.1) is 0 Å². The monoisotopic (exact) mass is 1080 g/mol. The first kappa shape index (κ1) is 57.7. The Bertz CT molecular complexity index is 2970. The second-order valence-electron chi connectivity index (χ2n) is 22.3. The normalized spacial score (nSPS) is 14.8. The Balaban J connectivity index is 1.07. The molecule has 0 atom stereocenters. The number of amides is 6.